The van der Waals surface area contributed by atoms with Gasteiger partial charge in [-0.15, -0.1) is 11.3 Å². The Bertz CT molecular complexity index is 643. The molecule has 2 aromatic heterocycles. The first kappa shape index (κ1) is 15.8. The molecule has 2 aromatic rings. The summed E-state index contributed by atoms with van der Waals surface area (Å²) in [7, 11) is 0. The van der Waals surface area contributed by atoms with Gasteiger partial charge >= 0.3 is 0 Å². The van der Waals surface area contributed by atoms with E-state index in [0.29, 0.717) is 17.4 Å². The maximum Gasteiger partial charge on any atom is 0.260 e. The second-order valence-corrected chi connectivity index (χ2v) is 6.94. The standard InChI is InChI=1S/C16H23N3OS/c1-11(2)8-17-16-18-14(10-21-16)13-6-5-7-19(15(13)20)9-12(3)4/h5-7,10-12H,8-9H2,1-4H3,(H,17,18). The summed E-state index contributed by atoms with van der Waals surface area (Å²) in [5.41, 5.74) is 1.47. The lowest BCUT2D eigenvalue weighted by atomic mass is 10.2. The summed E-state index contributed by atoms with van der Waals surface area (Å²) in [5.74, 6) is 1.01. The Labute approximate surface area is 129 Å². The molecule has 0 aliphatic heterocycles. The van der Waals surface area contributed by atoms with Gasteiger partial charge in [-0.3, -0.25) is 4.79 Å². The highest BCUT2D eigenvalue weighted by molar-refractivity contribution is 7.14. The zero-order chi connectivity index (χ0) is 15.4. The highest BCUT2D eigenvalue weighted by Crippen LogP contribution is 2.22. The molecule has 0 amide bonds. The smallest absolute Gasteiger partial charge is 0.260 e. The van der Waals surface area contributed by atoms with E-state index in [1.54, 1.807) is 15.9 Å². The molecule has 1 N–H and O–H groups in total. The van der Waals surface area contributed by atoms with Gasteiger partial charge in [-0.05, 0) is 24.0 Å². The zero-order valence-corrected chi connectivity index (χ0v) is 13.9. The number of rotatable bonds is 6. The zero-order valence-electron chi connectivity index (χ0n) is 13.1. The molecular weight excluding hydrogens is 282 g/mol. The van der Waals surface area contributed by atoms with Crippen molar-refractivity contribution in [3.8, 4) is 11.3 Å². The Morgan fingerprint density at radius 1 is 1.29 bits per heavy atom. The van der Waals surface area contributed by atoms with Crippen molar-refractivity contribution in [3.63, 3.8) is 0 Å². The van der Waals surface area contributed by atoms with Crippen molar-refractivity contribution in [3.05, 3.63) is 34.1 Å². The molecule has 0 spiro atoms. The third-order valence-electron chi connectivity index (χ3n) is 3.02. The van der Waals surface area contributed by atoms with E-state index in [4.69, 9.17) is 0 Å². The van der Waals surface area contributed by atoms with Crippen molar-refractivity contribution in [1.82, 2.24) is 9.55 Å². The van der Waals surface area contributed by atoms with E-state index >= 15 is 0 Å². The van der Waals surface area contributed by atoms with Crippen molar-refractivity contribution in [2.24, 2.45) is 11.8 Å². The molecule has 0 bridgehead atoms. The van der Waals surface area contributed by atoms with Crippen LogP contribution in [-0.4, -0.2) is 16.1 Å². The summed E-state index contributed by atoms with van der Waals surface area (Å²) in [5, 5.41) is 6.12. The molecule has 2 heterocycles. The molecule has 0 radical (unpaired) electrons. The van der Waals surface area contributed by atoms with E-state index < -0.39 is 0 Å². The predicted molar refractivity (Wildman–Crippen MR) is 90.0 cm³/mol. The molecule has 2 rings (SSSR count). The second-order valence-electron chi connectivity index (χ2n) is 6.09. The molecule has 114 valence electrons. The quantitative estimate of drug-likeness (QED) is 0.885. The van der Waals surface area contributed by atoms with Crippen molar-refractivity contribution in [2.75, 3.05) is 11.9 Å². The molecule has 0 aliphatic rings. The van der Waals surface area contributed by atoms with E-state index in [1.165, 1.54) is 0 Å². The first-order valence-corrected chi connectivity index (χ1v) is 8.24. The van der Waals surface area contributed by atoms with Gasteiger partial charge in [-0.2, -0.15) is 0 Å². The summed E-state index contributed by atoms with van der Waals surface area (Å²) in [6.07, 6.45) is 1.84. The van der Waals surface area contributed by atoms with Gasteiger partial charge in [0.05, 0.1) is 11.3 Å². The van der Waals surface area contributed by atoms with E-state index in [1.807, 2.05) is 23.7 Å². The van der Waals surface area contributed by atoms with Gasteiger partial charge in [-0.1, -0.05) is 27.7 Å². The van der Waals surface area contributed by atoms with Gasteiger partial charge in [-0.25, -0.2) is 4.98 Å². The SMILES string of the molecule is CC(C)CNc1nc(-c2cccn(CC(C)C)c2=O)cs1. The fraction of sp³-hybridized carbons (Fsp3) is 0.500. The molecule has 0 saturated carbocycles. The number of anilines is 1. The summed E-state index contributed by atoms with van der Waals surface area (Å²) in [6.45, 7) is 10.1. The lowest BCUT2D eigenvalue weighted by Gasteiger charge is -2.09. The second kappa shape index (κ2) is 6.89. The van der Waals surface area contributed by atoms with E-state index in [-0.39, 0.29) is 5.56 Å². The van der Waals surface area contributed by atoms with Crippen LogP contribution >= 0.6 is 11.3 Å². The van der Waals surface area contributed by atoms with Gasteiger partial charge in [0.25, 0.3) is 5.56 Å². The molecule has 0 atom stereocenters. The maximum absolute atomic E-state index is 12.5. The average Bonchev–Trinajstić information content (AvgIpc) is 2.87. The lowest BCUT2D eigenvalue weighted by molar-refractivity contribution is 0.511. The van der Waals surface area contributed by atoms with Crippen LogP contribution in [0.5, 0.6) is 0 Å². The van der Waals surface area contributed by atoms with Crippen LogP contribution in [0.25, 0.3) is 11.3 Å². The normalized spacial score (nSPS) is 11.3. The predicted octanol–water partition coefficient (Wildman–Crippen LogP) is 3.70. The Morgan fingerprint density at radius 2 is 2.05 bits per heavy atom. The summed E-state index contributed by atoms with van der Waals surface area (Å²) in [6, 6.07) is 3.76. The van der Waals surface area contributed by atoms with Crippen LogP contribution in [0.3, 0.4) is 0 Å². The Hall–Kier alpha value is -1.62. The number of hydrogen-bond acceptors (Lipinski definition) is 4. The summed E-state index contributed by atoms with van der Waals surface area (Å²) >= 11 is 1.54. The minimum atomic E-state index is 0.0342. The number of thiazole rings is 1. The summed E-state index contributed by atoms with van der Waals surface area (Å²) < 4.78 is 1.76. The largest absolute Gasteiger partial charge is 0.361 e. The number of aromatic nitrogens is 2. The number of hydrogen-bond donors (Lipinski definition) is 1. The molecule has 5 heteroatoms. The average molecular weight is 305 g/mol. The number of pyridine rings is 1. The maximum atomic E-state index is 12.5. The number of nitrogens with zero attached hydrogens (tertiary/aromatic N) is 2. The Balaban J connectivity index is 2.24. The molecule has 0 aromatic carbocycles. The third-order valence-corrected chi connectivity index (χ3v) is 3.82. The molecule has 4 nitrogen and oxygen atoms in total. The minimum absolute atomic E-state index is 0.0342. The topological polar surface area (TPSA) is 46.9 Å². The van der Waals surface area contributed by atoms with Gasteiger partial charge in [0.15, 0.2) is 5.13 Å². The first-order chi connectivity index (χ1) is 9.97. The van der Waals surface area contributed by atoms with E-state index in [9.17, 15) is 4.79 Å². The van der Waals surface area contributed by atoms with Crippen LogP contribution in [0.2, 0.25) is 0 Å². The van der Waals surface area contributed by atoms with Crippen LogP contribution in [0.15, 0.2) is 28.5 Å². The van der Waals surface area contributed by atoms with Gasteiger partial charge in [0.1, 0.15) is 0 Å². The molecule has 0 fully saturated rings. The van der Waals surface area contributed by atoms with Crippen LogP contribution < -0.4 is 10.9 Å². The molecule has 21 heavy (non-hydrogen) atoms. The Morgan fingerprint density at radius 3 is 2.71 bits per heavy atom. The van der Waals surface area contributed by atoms with Crippen LogP contribution in [0.1, 0.15) is 27.7 Å². The third kappa shape index (κ3) is 4.17. The molecule has 0 saturated heterocycles. The lowest BCUT2D eigenvalue weighted by Crippen LogP contribution is -2.23. The van der Waals surface area contributed by atoms with Crippen LogP contribution in [0, 0.1) is 11.8 Å². The fourth-order valence-corrected chi connectivity index (χ4v) is 2.76. The van der Waals surface area contributed by atoms with Crippen LogP contribution in [-0.2, 0) is 6.54 Å². The first-order valence-electron chi connectivity index (χ1n) is 7.36. The Kier molecular flexibility index (Phi) is 5.17. The van der Waals surface area contributed by atoms with Crippen molar-refractivity contribution >= 4 is 16.5 Å². The van der Waals surface area contributed by atoms with Crippen molar-refractivity contribution in [1.29, 1.82) is 0 Å². The molecule has 0 unspecified atom stereocenters. The van der Waals surface area contributed by atoms with E-state index in [2.05, 4.69) is 38.0 Å². The summed E-state index contributed by atoms with van der Waals surface area (Å²) in [4.78, 5) is 17.0. The van der Waals surface area contributed by atoms with E-state index in [0.717, 1.165) is 23.9 Å². The number of nitrogens with one attached hydrogen (secondary N) is 1. The van der Waals surface area contributed by atoms with Gasteiger partial charge in [0, 0.05) is 24.7 Å². The van der Waals surface area contributed by atoms with Gasteiger partial charge in [0.2, 0.25) is 0 Å². The molecular formula is C16H23N3OS. The van der Waals surface area contributed by atoms with Crippen LogP contribution in [0.4, 0.5) is 5.13 Å². The molecule has 0 aliphatic carbocycles. The van der Waals surface area contributed by atoms with Gasteiger partial charge < -0.3 is 9.88 Å². The van der Waals surface area contributed by atoms with Crippen molar-refractivity contribution < 1.29 is 0 Å². The minimum Gasteiger partial charge on any atom is -0.361 e. The highest BCUT2D eigenvalue weighted by atomic mass is 32.1. The van der Waals surface area contributed by atoms with Crippen molar-refractivity contribution in [2.45, 2.75) is 34.2 Å². The monoisotopic (exact) mass is 305 g/mol. The highest BCUT2D eigenvalue weighted by Gasteiger charge is 2.10. The fourth-order valence-electron chi connectivity index (χ4n) is 2.04.